The Morgan fingerprint density at radius 2 is 1.77 bits per heavy atom. The fraction of sp³-hybridized carbons (Fsp3) is 0.0588. The molecule has 0 fully saturated rings. The highest BCUT2D eigenvalue weighted by Crippen LogP contribution is 2.41. The van der Waals surface area contributed by atoms with E-state index in [1.54, 1.807) is 7.11 Å². The van der Waals surface area contributed by atoms with Gasteiger partial charge in [-0.25, -0.2) is 4.98 Å². The SMILES string of the molecule is COc1ccc(Nc2nc3c(s2)C(=O)c2ccccc2-3)cc1. The molecule has 0 amide bonds. The molecule has 5 heteroatoms. The number of ether oxygens (including phenoxy) is 1. The summed E-state index contributed by atoms with van der Waals surface area (Å²) in [6, 6.07) is 15.2. The largest absolute Gasteiger partial charge is 0.497 e. The van der Waals surface area contributed by atoms with Gasteiger partial charge in [-0.05, 0) is 24.3 Å². The number of ketones is 1. The highest BCUT2D eigenvalue weighted by Gasteiger charge is 2.30. The standard InChI is InChI=1S/C17H12N2O2S/c1-21-11-8-6-10(7-9-11)18-17-19-14-12-4-2-3-5-13(12)15(20)16(14)22-17/h2-9H,1H3,(H,18,19). The third kappa shape index (κ3) is 1.98. The van der Waals surface area contributed by atoms with Crippen molar-refractivity contribution in [1.29, 1.82) is 0 Å². The van der Waals surface area contributed by atoms with E-state index in [1.165, 1.54) is 11.3 Å². The number of carbonyl (C=O) groups excluding carboxylic acids is 1. The first-order chi connectivity index (χ1) is 10.8. The van der Waals surface area contributed by atoms with Gasteiger partial charge in [0.05, 0.1) is 12.8 Å². The molecule has 0 spiro atoms. The number of anilines is 2. The molecule has 3 aromatic rings. The second-order valence-electron chi connectivity index (χ2n) is 4.92. The number of hydrogen-bond donors (Lipinski definition) is 1. The van der Waals surface area contributed by atoms with Crippen LogP contribution in [0.4, 0.5) is 10.8 Å². The maximum absolute atomic E-state index is 12.4. The summed E-state index contributed by atoms with van der Waals surface area (Å²) in [5, 5.41) is 3.96. The van der Waals surface area contributed by atoms with Gasteiger partial charge in [-0.3, -0.25) is 4.79 Å². The third-order valence-electron chi connectivity index (χ3n) is 3.60. The number of hydrogen-bond acceptors (Lipinski definition) is 5. The van der Waals surface area contributed by atoms with Crippen molar-refractivity contribution < 1.29 is 9.53 Å². The minimum absolute atomic E-state index is 0.0610. The van der Waals surface area contributed by atoms with Crippen molar-refractivity contribution in [3.63, 3.8) is 0 Å². The molecule has 0 aliphatic heterocycles. The van der Waals surface area contributed by atoms with Crippen LogP contribution in [0.1, 0.15) is 15.2 Å². The molecule has 0 radical (unpaired) electrons. The van der Waals surface area contributed by atoms with E-state index in [1.807, 2.05) is 48.5 Å². The highest BCUT2D eigenvalue weighted by molar-refractivity contribution is 7.18. The van der Waals surface area contributed by atoms with E-state index in [2.05, 4.69) is 10.3 Å². The maximum atomic E-state index is 12.4. The summed E-state index contributed by atoms with van der Waals surface area (Å²) in [7, 11) is 1.64. The molecule has 1 heterocycles. The smallest absolute Gasteiger partial charge is 0.205 e. The lowest BCUT2D eigenvalue weighted by Crippen LogP contribution is -1.93. The molecule has 0 bridgehead atoms. The summed E-state index contributed by atoms with van der Waals surface area (Å²) in [4.78, 5) is 17.6. The Morgan fingerprint density at radius 1 is 1.05 bits per heavy atom. The van der Waals surface area contributed by atoms with Crippen molar-refractivity contribution in [2.24, 2.45) is 0 Å². The third-order valence-corrected chi connectivity index (χ3v) is 4.57. The number of benzene rings is 2. The number of fused-ring (bicyclic) bond motifs is 3. The van der Waals surface area contributed by atoms with E-state index in [4.69, 9.17) is 4.74 Å². The van der Waals surface area contributed by atoms with Gasteiger partial charge in [0.15, 0.2) is 5.13 Å². The van der Waals surface area contributed by atoms with Crippen LogP contribution in [0.2, 0.25) is 0 Å². The molecular weight excluding hydrogens is 296 g/mol. The molecule has 0 saturated carbocycles. The van der Waals surface area contributed by atoms with Crippen molar-refractivity contribution >= 4 is 27.9 Å². The van der Waals surface area contributed by atoms with E-state index in [-0.39, 0.29) is 5.78 Å². The predicted molar refractivity (Wildman–Crippen MR) is 87.3 cm³/mol. The molecule has 1 aliphatic carbocycles. The number of carbonyl (C=O) groups is 1. The summed E-state index contributed by atoms with van der Waals surface area (Å²) in [5.74, 6) is 0.863. The first-order valence-electron chi connectivity index (χ1n) is 6.82. The molecule has 108 valence electrons. The first kappa shape index (κ1) is 13.0. The average Bonchev–Trinajstić information content (AvgIpc) is 3.08. The Bertz CT molecular complexity index is 869. The monoisotopic (exact) mass is 308 g/mol. The van der Waals surface area contributed by atoms with Crippen molar-refractivity contribution in [2.75, 3.05) is 12.4 Å². The summed E-state index contributed by atoms with van der Waals surface area (Å²) >= 11 is 1.39. The number of rotatable bonds is 3. The molecule has 4 rings (SSSR count). The summed E-state index contributed by atoms with van der Waals surface area (Å²) in [6.07, 6.45) is 0. The maximum Gasteiger partial charge on any atom is 0.205 e. The summed E-state index contributed by atoms with van der Waals surface area (Å²) in [5.41, 5.74) is 3.35. The average molecular weight is 308 g/mol. The number of methoxy groups -OCH3 is 1. The van der Waals surface area contributed by atoms with E-state index < -0.39 is 0 Å². The summed E-state index contributed by atoms with van der Waals surface area (Å²) in [6.45, 7) is 0. The molecule has 0 unspecified atom stereocenters. The van der Waals surface area contributed by atoms with E-state index in [9.17, 15) is 4.79 Å². The van der Waals surface area contributed by atoms with Crippen LogP contribution in [0.15, 0.2) is 48.5 Å². The molecule has 22 heavy (non-hydrogen) atoms. The normalized spacial score (nSPS) is 12.0. The van der Waals surface area contributed by atoms with E-state index in [0.717, 1.165) is 33.4 Å². The van der Waals surface area contributed by atoms with Crippen molar-refractivity contribution in [3.8, 4) is 17.0 Å². The lowest BCUT2D eigenvalue weighted by atomic mass is 10.1. The van der Waals surface area contributed by atoms with E-state index in [0.29, 0.717) is 4.88 Å². The highest BCUT2D eigenvalue weighted by atomic mass is 32.1. The van der Waals surface area contributed by atoms with Gasteiger partial charge >= 0.3 is 0 Å². The van der Waals surface area contributed by atoms with Crippen LogP contribution in [-0.4, -0.2) is 17.9 Å². The Hall–Kier alpha value is -2.66. The predicted octanol–water partition coefficient (Wildman–Crippen LogP) is 4.11. The molecule has 1 aliphatic rings. The van der Waals surface area contributed by atoms with Crippen molar-refractivity contribution in [1.82, 2.24) is 4.98 Å². The lowest BCUT2D eigenvalue weighted by molar-refractivity contribution is 0.104. The summed E-state index contributed by atoms with van der Waals surface area (Å²) < 4.78 is 5.14. The number of thiazole rings is 1. The van der Waals surface area contributed by atoms with Gasteiger partial charge in [-0.15, -0.1) is 0 Å². The van der Waals surface area contributed by atoms with Gasteiger partial charge < -0.3 is 10.1 Å². The molecule has 0 atom stereocenters. The first-order valence-corrected chi connectivity index (χ1v) is 7.64. The Morgan fingerprint density at radius 3 is 2.50 bits per heavy atom. The van der Waals surface area contributed by atoms with Crippen LogP contribution in [0.25, 0.3) is 11.3 Å². The number of nitrogens with zero attached hydrogens (tertiary/aromatic N) is 1. The number of nitrogens with one attached hydrogen (secondary N) is 1. The van der Waals surface area contributed by atoms with Gasteiger partial charge in [-0.1, -0.05) is 35.6 Å². The van der Waals surface area contributed by atoms with E-state index >= 15 is 0 Å². The minimum atomic E-state index is 0.0610. The molecule has 1 N–H and O–H groups in total. The van der Waals surface area contributed by atoms with Crippen molar-refractivity contribution in [2.45, 2.75) is 0 Å². The van der Waals surface area contributed by atoms with Crippen molar-refractivity contribution in [3.05, 3.63) is 59.0 Å². The Labute approximate surface area is 131 Å². The van der Waals surface area contributed by atoms with Crippen LogP contribution < -0.4 is 10.1 Å². The molecule has 2 aromatic carbocycles. The van der Waals surface area contributed by atoms with Gasteiger partial charge in [0.1, 0.15) is 10.6 Å². The zero-order valence-electron chi connectivity index (χ0n) is 11.8. The van der Waals surface area contributed by atoms with Gasteiger partial charge in [0.2, 0.25) is 5.78 Å². The fourth-order valence-electron chi connectivity index (χ4n) is 2.52. The van der Waals surface area contributed by atoms with Crippen LogP contribution in [0, 0.1) is 0 Å². The van der Waals surface area contributed by atoms with Crippen LogP contribution >= 0.6 is 11.3 Å². The topological polar surface area (TPSA) is 51.2 Å². The Kier molecular flexibility index (Phi) is 2.94. The van der Waals surface area contributed by atoms with Crippen LogP contribution in [0.3, 0.4) is 0 Å². The minimum Gasteiger partial charge on any atom is -0.497 e. The molecule has 1 aromatic heterocycles. The Balaban J connectivity index is 1.67. The number of aromatic nitrogens is 1. The molecule has 0 saturated heterocycles. The molecule has 4 nitrogen and oxygen atoms in total. The van der Waals surface area contributed by atoms with Gasteiger partial charge in [0, 0.05) is 16.8 Å². The zero-order chi connectivity index (χ0) is 15.1. The quantitative estimate of drug-likeness (QED) is 0.619. The second-order valence-corrected chi connectivity index (χ2v) is 5.92. The fourth-order valence-corrected chi connectivity index (χ4v) is 3.47. The zero-order valence-corrected chi connectivity index (χ0v) is 12.6. The van der Waals surface area contributed by atoms with Gasteiger partial charge in [-0.2, -0.15) is 0 Å². The lowest BCUT2D eigenvalue weighted by Gasteiger charge is -2.04. The molecular formula is C17H12N2O2S. The second kappa shape index (κ2) is 4.96. The van der Waals surface area contributed by atoms with Crippen LogP contribution in [0.5, 0.6) is 5.75 Å². The van der Waals surface area contributed by atoms with Crippen LogP contribution in [-0.2, 0) is 0 Å². The van der Waals surface area contributed by atoms with Gasteiger partial charge in [0.25, 0.3) is 0 Å².